The summed E-state index contributed by atoms with van der Waals surface area (Å²) < 4.78 is 84.6. The van der Waals surface area contributed by atoms with Crippen molar-refractivity contribution < 1.29 is 31.4 Å². The normalized spacial score (nSPS) is 17.7. The molecule has 2 atom stereocenters. The van der Waals surface area contributed by atoms with Crippen LogP contribution in [0.1, 0.15) is 51.5 Å². The summed E-state index contributed by atoms with van der Waals surface area (Å²) in [4.78, 5) is 0. The zero-order valence-electron chi connectivity index (χ0n) is 21.1. The molecule has 0 N–H and O–H groups in total. The second kappa shape index (κ2) is 12.1. The number of hydrogen-bond donors (Lipinski definition) is 0. The van der Waals surface area contributed by atoms with E-state index in [0.29, 0.717) is 30.6 Å². The van der Waals surface area contributed by atoms with Gasteiger partial charge in [0.15, 0.2) is 23.2 Å². The molecule has 1 fully saturated rings. The first-order chi connectivity index (χ1) is 17.8. The van der Waals surface area contributed by atoms with Crippen molar-refractivity contribution in [3.05, 3.63) is 77.1 Å². The van der Waals surface area contributed by atoms with E-state index in [9.17, 15) is 17.6 Å². The van der Waals surface area contributed by atoms with Crippen LogP contribution < -0.4 is 4.74 Å². The summed E-state index contributed by atoms with van der Waals surface area (Å²) in [6.07, 6.45) is 5.87. The summed E-state index contributed by atoms with van der Waals surface area (Å²) in [7, 11) is 0. The molecule has 1 aliphatic heterocycles. The Morgan fingerprint density at radius 2 is 1.46 bits per heavy atom. The Kier molecular flexibility index (Phi) is 8.85. The van der Waals surface area contributed by atoms with E-state index in [1.807, 2.05) is 0 Å². The maximum absolute atomic E-state index is 15.0. The Balaban J connectivity index is 1.50. The Morgan fingerprint density at radius 1 is 0.784 bits per heavy atom. The van der Waals surface area contributed by atoms with Crippen molar-refractivity contribution in [2.75, 3.05) is 13.2 Å². The quantitative estimate of drug-likeness (QED) is 0.264. The largest absolute Gasteiger partial charge is 0.491 e. The fraction of sp³-hybridized carbons (Fsp3) is 0.400. The topological polar surface area (TPSA) is 18.5 Å². The molecule has 0 radical (unpaired) electrons. The van der Waals surface area contributed by atoms with Crippen LogP contribution in [0.3, 0.4) is 0 Å². The molecule has 37 heavy (non-hydrogen) atoms. The second-order valence-electron chi connectivity index (χ2n) is 9.49. The number of rotatable bonds is 9. The number of benzene rings is 3. The van der Waals surface area contributed by atoms with Crippen LogP contribution in [0.25, 0.3) is 22.3 Å². The molecule has 7 heteroatoms. The average molecular weight is 519 g/mol. The van der Waals surface area contributed by atoms with E-state index < -0.39 is 40.2 Å². The minimum absolute atomic E-state index is 0.122. The summed E-state index contributed by atoms with van der Waals surface area (Å²) in [5.41, 5.74) is -0.372. The van der Waals surface area contributed by atoms with Gasteiger partial charge in [0.1, 0.15) is 5.82 Å². The first kappa shape index (κ1) is 27.1. The van der Waals surface area contributed by atoms with Crippen molar-refractivity contribution in [3.8, 4) is 28.0 Å². The molecule has 2 nitrogen and oxygen atoms in total. The lowest BCUT2D eigenvalue weighted by atomic mass is 9.90. The monoisotopic (exact) mass is 518 g/mol. The van der Waals surface area contributed by atoms with Crippen molar-refractivity contribution in [2.45, 2.75) is 58.5 Å². The zero-order chi connectivity index (χ0) is 26.5. The molecular formula is C30H31F5O2. The minimum Gasteiger partial charge on any atom is -0.491 e. The van der Waals surface area contributed by atoms with Gasteiger partial charge >= 0.3 is 0 Å². The van der Waals surface area contributed by atoms with Crippen LogP contribution in [0.4, 0.5) is 22.0 Å². The molecule has 0 saturated carbocycles. The molecular weight excluding hydrogens is 487 g/mol. The number of halogens is 5. The van der Waals surface area contributed by atoms with Crippen LogP contribution in [-0.4, -0.2) is 19.3 Å². The summed E-state index contributed by atoms with van der Waals surface area (Å²) in [5, 5.41) is 0. The van der Waals surface area contributed by atoms with E-state index in [2.05, 4.69) is 6.92 Å². The van der Waals surface area contributed by atoms with Gasteiger partial charge in [-0.05, 0) is 74.3 Å². The minimum atomic E-state index is -1.34. The van der Waals surface area contributed by atoms with Crippen molar-refractivity contribution in [3.63, 3.8) is 0 Å². The Labute approximate surface area is 214 Å². The second-order valence-corrected chi connectivity index (χ2v) is 9.49. The third-order valence-electron chi connectivity index (χ3n) is 6.98. The molecule has 0 bridgehead atoms. The Hall–Kier alpha value is -2.93. The van der Waals surface area contributed by atoms with Gasteiger partial charge in [-0.1, -0.05) is 37.6 Å². The fourth-order valence-corrected chi connectivity index (χ4v) is 4.90. The van der Waals surface area contributed by atoms with Gasteiger partial charge < -0.3 is 9.47 Å². The molecule has 3 aromatic rings. The van der Waals surface area contributed by atoms with Crippen LogP contribution in [0.2, 0.25) is 0 Å². The standard InChI is InChI=1S/C30H31F5O2/c1-3-5-21-11-7-18(17-37-21)6-8-19-9-10-20(16-25(19)31)22-12-13-23(28(33)27(22)32)24-14-15-26(36-4-2)30(35)29(24)34/h9-10,12-16,18,21H,3-8,11,17H2,1-2H3. The molecule has 3 aromatic carbocycles. The smallest absolute Gasteiger partial charge is 0.201 e. The van der Waals surface area contributed by atoms with Crippen LogP contribution in [0.5, 0.6) is 5.75 Å². The highest BCUT2D eigenvalue weighted by molar-refractivity contribution is 5.72. The number of ether oxygens (including phenoxy) is 2. The molecule has 1 aliphatic rings. The summed E-state index contributed by atoms with van der Waals surface area (Å²) in [6, 6.07) is 9.01. The number of hydrogen-bond acceptors (Lipinski definition) is 2. The molecule has 198 valence electrons. The lowest BCUT2D eigenvalue weighted by Gasteiger charge is -2.29. The third kappa shape index (κ3) is 5.98. The van der Waals surface area contributed by atoms with Gasteiger partial charge in [-0.2, -0.15) is 4.39 Å². The molecule has 0 aromatic heterocycles. The van der Waals surface area contributed by atoms with E-state index in [-0.39, 0.29) is 23.5 Å². The lowest BCUT2D eigenvalue weighted by molar-refractivity contribution is -0.0218. The molecule has 2 unspecified atom stereocenters. The van der Waals surface area contributed by atoms with Crippen LogP contribution in [-0.2, 0) is 11.2 Å². The maximum Gasteiger partial charge on any atom is 0.201 e. The zero-order valence-corrected chi connectivity index (χ0v) is 21.1. The third-order valence-corrected chi connectivity index (χ3v) is 6.98. The SMILES string of the molecule is CCCC1CCC(CCc2ccc(-c3ccc(-c4ccc(OCC)c(F)c4F)c(F)c3F)cc2F)CO1. The fourth-order valence-electron chi connectivity index (χ4n) is 4.90. The average Bonchev–Trinajstić information content (AvgIpc) is 2.89. The van der Waals surface area contributed by atoms with Gasteiger partial charge in [0.2, 0.25) is 5.82 Å². The molecule has 1 heterocycles. The van der Waals surface area contributed by atoms with E-state index in [1.54, 1.807) is 19.1 Å². The van der Waals surface area contributed by atoms with Gasteiger partial charge in [0.25, 0.3) is 0 Å². The van der Waals surface area contributed by atoms with E-state index in [0.717, 1.165) is 44.2 Å². The summed E-state index contributed by atoms with van der Waals surface area (Å²) in [6.45, 7) is 4.55. The number of aryl methyl sites for hydroxylation is 1. The first-order valence-corrected chi connectivity index (χ1v) is 12.8. The van der Waals surface area contributed by atoms with Crippen molar-refractivity contribution >= 4 is 0 Å². The van der Waals surface area contributed by atoms with Gasteiger partial charge in [-0.3, -0.25) is 0 Å². The van der Waals surface area contributed by atoms with Crippen LogP contribution in [0.15, 0.2) is 42.5 Å². The first-order valence-electron chi connectivity index (χ1n) is 12.8. The van der Waals surface area contributed by atoms with E-state index >= 15 is 4.39 Å². The van der Waals surface area contributed by atoms with Gasteiger partial charge in [-0.25, -0.2) is 17.6 Å². The maximum atomic E-state index is 15.0. The van der Waals surface area contributed by atoms with Crippen molar-refractivity contribution in [2.24, 2.45) is 5.92 Å². The summed E-state index contributed by atoms with van der Waals surface area (Å²) >= 11 is 0. The van der Waals surface area contributed by atoms with E-state index in [1.165, 1.54) is 18.2 Å². The van der Waals surface area contributed by atoms with Gasteiger partial charge in [0, 0.05) is 23.3 Å². The van der Waals surface area contributed by atoms with Crippen LogP contribution >= 0.6 is 0 Å². The molecule has 1 saturated heterocycles. The Bertz CT molecular complexity index is 1240. The van der Waals surface area contributed by atoms with Gasteiger partial charge in [0.05, 0.1) is 12.7 Å². The van der Waals surface area contributed by atoms with Crippen LogP contribution in [0, 0.1) is 35.0 Å². The summed E-state index contributed by atoms with van der Waals surface area (Å²) in [5.74, 6) is -5.66. The van der Waals surface area contributed by atoms with E-state index in [4.69, 9.17) is 9.47 Å². The lowest BCUT2D eigenvalue weighted by Crippen LogP contribution is -2.26. The molecule has 4 rings (SSSR count). The highest BCUT2D eigenvalue weighted by Gasteiger charge is 2.23. The molecule has 0 aliphatic carbocycles. The van der Waals surface area contributed by atoms with Gasteiger partial charge in [-0.15, -0.1) is 0 Å². The predicted octanol–water partition coefficient (Wildman–Crippen LogP) is 8.64. The highest BCUT2D eigenvalue weighted by Crippen LogP contribution is 2.36. The molecule has 0 amide bonds. The van der Waals surface area contributed by atoms with Crippen molar-refractivity contribution in [1.29, 1.82) is 0 Å². The molecule has 0 spiro atoms. The van der Waals surface area contributed by atoms with Crippen molar-refractivity contribution in [1.82, 2.24) is 0 Å². The predicted molar refractivity (Wildman–Crippen MR) is 134 cm³/mol. The highest BCUT2D eigenvalue weighted by atomic mass is 19.2. The Morgan fingerprint density at radius 3 is 2.11 bits per heavy atom.